The molecule has 1 unspecified atom stereocenters. The summed E-state index contributed by atoms with van der Waals surface area (Å²) in [5, 5.41) is 2.44. The van der Waals surface area contributed by atoms with E-state index in [0.29, 0.717) is 5.69 Å². The highest BCUT2D eigenvalue weighted by atomic mass is 19.1. The van der Waals surface area contributed by atoms with E-state index in [1.165, 1.54) is 12.1 Å². The topological polar surface area (TPSA) is 55.1 Å². The molecule has 1 rings (SSSR count). The van der Waals surface area contributed by atoms with E-state index >= 15 is 0 Å². The zero-order chi connectivity index (χ0) is 11.4. The van der Waals surface area contributed by atoms with Crippen LogP contribution in [0.4, 0.5) is 10.1 Å². The van der Waals surface area contributed by atoms with Gasteiger partial charge >= 0.3 is 0 Å². The highest BCUT2D eigenvalue weighted by molar-refractivity contribution is 5.95. The summed E-state index contributed by atoms with van der Waals surface area (Å²) < 4.78 is 13.2. The maximum Gasteiger partial charge on any atom is 0.255 e. The van der Waals surface area contributed by atoms with Crippen LogP contribution in [0.5, 0.6) is 0 Å². The van der Waals surface area contributed by atoms with Gasteiger partial charge in [0.2, 0.25) is 0 Å². The lowest BCUT2D eigenvalue weighted by Crippen LogP contribution is -2.31. The Hall–Kier alpha value is -2.02. The second-order valence-electron chi connectivity index (χ2n) is 3.10. The Morgan fingerprint density at radius 2 is 2.33 bits per heavy atom. The number of hydrogen-bond donors (Lipinski definition) is 2. The van der Waals surface area contributed by atoms with E-state index in [-0.39, 0.29) is 5.56 Å². The van der Waals surface area contributed by atoms with Gasteiger partial charge in [-0.15, -0.1) is 6.42 Å². The zero-order valence-corrected chi connectivity index (χ0v) is 8.25. The molecule has 0 aliphatic rings. The lowest BCUT2D eigenvalue weighted by molar-refractivity contribution is 0.0944. The fraction of sp³-hybridized carbons (Fsp3) is 0.182. The van der Waals surface area contributed by atoms with Gasteiger partial charge in [0.1, 0.15) is 5.82 Å². The van der Waals surface area contributed by atoms with E-state index in [2.05, 4.69) is 11.2 Å². The number of terminal acetylenes is 1. The molecule has 78 valence electrons. The monoisotopic (exact) mass is 206 g/mol. The number of amides is 1. The standard InChI is InChI=1S/C11H11FN2O/c1-3-7(2)14-11(15)9-6-8(13)4-5-10(9)12/h1,4-7H,13H2,2H3,(H,14,15). The van der Waals surface area contributed by atoms with Crippen LogP contribution in [0.15, 0.2) is 18.2 Å². The summed E-state index contributed by atoms with van der Waals surface area (Å²) in [4.78, 5) is 11.5. The minimum Gasteiger partial charge on any atom is -0.399 e. The van der Waals surface area contributed by atoms with Crippen molar-refractivity contribution in [3.8, 4) is 12.3 Å². The number of halogens is 1. The van der Waals surface area contributed by atoms with Crippen LogP contribution in [-0.4, -0.2) is 11.9 Å². The van der Waals surface area contributed by atoms with Crippen LogP contribution < -0.4 is 11.1 Å². The van der Waals surface area contributed by atoms with Crippen molar-refractivity contribution in [2.45, 2.75) is 13.0 Å². The van der Waals surface area contributed by atoms with Crippen molar-refractivity contribution in [2.75, 3.05) is 5.73 Å². The second-order valence-corrected chi connectivity index (χ2v) is 3.10. The number of anilines is 1. The third-order valence-electron chi connectivity index (χ3n) is 1.83. The number of benzene rings is 1. The van der Waals surface area contributed by atoms with Gasteiger partial charge < -0.3 is 11.1 Å². The van der Waals surface area contributed by atoms with Crippen LogP contribution in [0.25, 0.3) is 0 Å². The molecule has 0 heterocycles. The summed E-state index contributed by atoms with van der Waals surface area (Å²) in [5.74, 6) is 1.13. The van der Waals surface area contributed by atoms with Crippen LogP contribution in [0.1, 0.15) is 17.3 Å². The molecule has 1 amide bonds. The van der Waals surface area contributed by atoms with E-state index in [9.17, 15) is 9.18 Å². The van der Waals surface area contributed by atoms with Crippen LogP contribution in [-0.2, 0) is 0 Å². The van der Waals surface area contributed by atoms with Crippen molar-refractivity contribution in [2.24, 2.45) is 0 Å². The number of nitrogen functional groups attached to an aromatic ring is 1. The molecule has 3 nitrogen and oxygen atoms in total. The zero-order valence-electron chi connectivity index (χ0n) is 8.25. The van der Waals surface area contributed by atoms with Gasteiger partial charge in [-0.2, -0.15) is 0 Å². The molecule has 0 aliphatic carbocycles. The Kier molecular flexibility index (Phi) is 3.29. The van der Waals surface area contributed by atoms with Crippen molar-refractivity contribution in [3.05, 3.63) is 29.6 Å². The predicted octanol–water partition coefficient (Wildman–Crippen LogP) is 1.16. The number of hydrogen-bond acceptors (Lipinski definition) is 2. The van der Waals surface area contributed by atoms with Crippen LogP contribution in [0, 0.1) is 18.2 Å². The molecule has 15 heavy (non-hydrogen) atoms. The normalized spacial score (nSPS) is 11.5. The van der Waals surface area contributed by atoms with E-state index in [0.717, 1.165) is 6.07 Å². The average molecular weight is 206 g/mol. The van der Waals surface area contributed by atoms with Gasteiger partial charge in [-0.25, -0.2) is 4.39 Å². The van der Waals surface area contributed by atoms with E-state index in [1.54, 1.807) is 6.92 Å². The molecule has 0 saturated heterocycles. The Labute approximate surface area is 87.5 Å². The molecule has 0 bridgehead atoms. The van der Waals surface area contributed by atoms with Crippen molar-refractivity contribution < 1.29 is 9.18 Å². The van der Waals surface area contributed by atoms with Gasteiger partial charge in [0.15, 0.2) is 0 Å². The molecular formula is C11H11FN2O. The summed E-state index contributed by atoms with van der Waals surface area (Å²) >= 11 is 0. The first-order valence-corrected chi connectivity index (χ1v) is 4.36. The Balaban J connectivity index is 2.92. The third kappa shape index (κ3) is 2.71. The van der Waals surface area contributed by atoms with Crippen molar-refractivity contribution in [1.29, 1.82) is 0 Å². The molecule has 0 fully saturated rings. The Morgan fingerprint density at radius 3 is 2.93 bits per heavy atom. The van der Waals surface area contributed by atoms with Gasteiger partial charge in [0.25, 0.3) is 5.91 Å². The SMILES string of the molecule is C#CC(C)NC(=O)c1cc(N)ccc1F. The lowest BCUT2D eigenvalue weighted by Gasteiger charge is -2.08. The molecule has 0 spiro atoms. The molecule has 4 heteroatoms. The number of nitrogens with one attached hydrogen (secondary N) is 1. The summed E-state index contributed by atoms with van der Waals surface area (Å²) in [6.45, 7) is 1.63. The first kappa shape index (κ1) is 11.1. The van der Waals surface area contributed by atoms with Gasteiger partial charge in [-0.1, -0.05) is 5.92 Å². The first-order valence-electron chi connectivity index (χ1n) is 4.36. The van der Waals surface area contributed by atoms with Crippen LogP contribution >= 0.6 is 0 Å². The summed E-state index contributed by atoms with van der Waals surface area (Å²) in [6, 6.07) is 3.36. The highest BCUT2D eigenvalue weighted by Crippen LogP contribution is 2.11. The average Bonchev–Trinajstić information content (AvgIpc) is 2.21. The summed E-state index contributed by atoms with van der Waals surface area (Å²) in [7, 11) is 0. The van der Waals surface area contributed by atoms with Crippen LogP contribution in [0.3, 0.4) is 0 Å². The number of carbonyl (C=O) groups is 1. The fourth-order valence-electron chi connectivity index (χ4n) is 1.03. The quantitative estimate of drug-likeness (QED) is 0.563. The minimum atomic E-state index is -0.620. The van der Waals surface area contributed by atoms with Gasteiger partial charge in [0.05, 0.1) is 11.6 Å². The maximum atomic E-state index is 13.2. The fourth-order valence-corrected chi connectivity index (χ4v) is 1.03. The van der Waals surface area contributed by atoms with Crippen molar-refractivity contribution in [1.82, 2.24) is 5.32 Å². The predicted molar refractivity (Wildman–Crippen MR) is 56.6 cm³/mol. The molecule has 0 saturated carbocycles. The van der Waals surface area contributed by atoms with Gasteiger partial charge in [0, 0.05) is 5.69 Å². The van der Waals surface area contributed by atoms with Gasteiger partial charge in [-0.05, 0) is 25.1 Å². The molecule has 0 aliphatic heterocycles. The minimum absolute atomic E-state index is 0.0999. The molecule has 0 radical (unpaired) electrons. The van der Waals surface area contributed by atoms with Gasteiger partial charge in [-0.3, -0.25) is 4.79 Å². The Bertz CT molecular complexity index is 423. The lowest BCUT2D eigenvalue weighted by atomic mass is 10.1. The number of carbonyl (C=O) groups excluding carboxylic acids is 1. The maximum absolute atomic E-state index is 13.2. The largest absolute Gasteiger partial charge is 0.399 e. The third-order valence-corrected chi connectivity index (χ3v) is 1.83. The van der Waals surface area contributed by atoms with E-state index in [1.807, 2.05) is 0 Å². The molecular weight excluding hydrogens is 195 g/mol. The van der Waals surface area contributed by atoms with E-state index < -0.39 is 17.8 Å². The van der Waals surface area contributed by atoms with Crippen molar-refractivity contribution >= 4 is 11.6 Å². The summed E-state index contributed by atoms with van der Waals surface area (Å²) in [6.07, 6.45) is 5.08. The molecule has 1 aromatic rings. The second kappa shape index (κ2) is 4.47. The highest BCUT2D eigenvalue weighted by Gasteiger charge is 2.13. The van der Waals surface area contributed by atoms with E-state index in [4.69, 9.17) is 12.2 Å². The molecule has 3 N–H and O–H groups in total. The number of rotatable bonds is 2. The first-order chi connectivity index (χ1) is 7.04. The van der Waals surface area contributed by atoms with Crippen molar-refractivity contribution in [3.63, 3.8) is 0 Å². The molecule has 1 aromatic carbocycles. The summed E-state index contributed by atoms with van der Waals surface area (Å²) in [5.41, 5.74) is 5.67. The molecule has 1 atom stereocenters. The number of nitrogens with two attached hydrogens (primary N) is 1. The van der Waals surface area contributed by atoms with Crippen LogP contribution in [0.2, 0.25) is 0 Å². The molecule has 0 aromatic heterocycles. The smallest absolute Gasteiger partial charge is 0.255 e. The Morgan fingerprint density at radius 1 is 1.67 bits per heavy atom.